The number of amidine groups is 1. The van der Waals surface area contributed by atoms with E-state index >= 15 is 0 Å². The number of amides is 1. The predicted octanol–water partition coefficient (Wildman–Crippen LogP) is 3.78. The smallest absolute Gasteiger partial charge is 0.270 e. The van der Waals surface area contributed by atoms with E-state index in [0.29, 0.717) is 28.8 Å². The summed E-state index contributed by atoms with van der Waals surface area (Å²) in [6.45, 7) is 5.93. The number of non-ortho nitro benzene ring substituents is 1. The Kier molecular flexibility index (Phi) is 5.81. The maximum Gasteiger partial charge on any atom is 0.270 e. The molecular weight excluding hydrogens is 418 g/mol. The summed E-state index contributed by atoms with van der Waals surface area (Å²) < 4.78 is 5.75. The van der Waals surface area contributed by atoms with Gasteiger partial charge in [0.1, 0.15) is 11.9 Å². The predicted molar refractivity (Wildman–Crippen MR) is 120 cm³/mol. The lowest BCUT2D eigenvalue weighted by Crippen LogP contribution is -2.51. The molecular formula is C21H21N5O4S. The number of nitrogens with one attached hydrogen (secondary N) is 2. The van der Waals surface area contributed by atoms with Crippen molar-refractivity contribution in [3.63, 3.8) is 0 Å². The Morgan fingerprint density at radius 2 is 2.13 bits per heavy atom. The molecule has 0 radical (unpaired) electrons. The summed E-state index contributed by atoms with van der Waals surface area (Å²) >= 11 is 1.35. The van der Waals surface area contributed by atoms with E-state index in [2.05, 4.69) is 22.3 Å². The van der Waals surface area contributed by atoms with Gasteiger partial charge in [-0.25, -0.2) is 0 Å². The van der Waals surface area contributed by atoms with Crippen LogP contribution in [-0.4, -0.2) is 33.4 Å². The Balaban J connectivity index is 1.87. The highest BCUT2D eigenvalue weighted by Gasteiger charge is 2.43. The largest absolute Gasteiger partial charge is 0.493 e. The Morgan fingerprint density at radius 1 is 1.32 bits per heavy atom. The van der Waals surface area contributed by atoms with E-state index in [9.17, 15) is 14.9 Å². The first-order valence-corrected chi connectivity index (χ1v) is 10.7. The zero-order chi connectivity index (χ0) is 22.0. The molecule has 2 heterocycles. The molecule has 10 heteroatoms. The molecule has 0 aliphatic carbocycles. The molecule has 2 aliphatic heterocycles. The monoisotopic (exact) mass is 439 g/mol. The Morgan fingerprint density at radius 3 is 2.87 bits per heavy atom. The number of hydrazone groups is 1. The van der Waals surface area contributed by atoms with Crippen molar-refractivity contribution in [3.05, 3.63) is 76.4 Å². The van der Waals surface area contributed by atoms with Gasteiger partial charge in [0.2, 0.25) is 0 Å². The first-order chi connectivity index (χ1) is 15.0. The number of para-hydroxylation sites is 1. The van der Waals surface area contributed by atoms with Crippen molar-refractivity contribution in [3.8, 4) is 5.75 Å². The van der Waals surface area contributed by atoms with Gasteiger partial charge in [-0.05, 0) is 19.1 Å². The van der Waals surface area contributed by atoms with Crippen molar-refractivity contribution in [1.29, 1.82) is 0 Å². The van der Waals surface area contributed by atoms with Crippen molar-refractivity contribution in [1.82, 2.24) is 10.3 Å². The van der Waals surface area contributed by atoms with Crippen LogP contribution in [0.1, 0.15) is 30.3 Å². The minimum Gasteiger partial charge on any atom is -0.493 e. The number of nitrogens with zero attached hydrogens (tertiary/aromatic N) is 3. The number of nitro benzene ring substituents is 1. The maximum absolute atomic E-state index is 13.1. The lowest BCUT2D eigenvalue weighted by atomic mass is 9.96. The molecule has 0 fully saturated rings. The number of carbonyl (C=O) groups excluding carboxylic acids is 1. The normalized spacial score (nSPS) is 19.3. The van der Waals surface area contributed by atoms with Gasteiger partial charge >= 0.3 is 0 Å². The molecule has 0 saturated heterocycles. The number of hydrogen-bond donors (Lipinski definition) is 2. The van der Waals surface area contributed by atoms with E-state index < -0.39 is 17.1 Å². The molecule has 31 heavy (non-hydrogen) atoms. The summed E-state index contributed by atoms with van der Waals surface area (Å²) in [6, 6.07) is 11.2. The summed E-state index contributed by atoms with van der Waals surface area (Å²) in [5, 5.41) is 24.4. The lowest BCUT2D eigenvalue weighted by molar-refractivity contribution is -0.385. The minimum atomic E-state index is -0.690. The van der Waals surface area contributed by atoms with Crippen LogP contribution in [0.4, 0.5) is 11.4 Å². The van der Waals surface area contributed by atoms with Gasteiger partial charge in [0.05, 0.1) is 11.5 Å². The van der Waals surface area contributed by atoms with Crippen molar-refractivity contribution in [2.24, 2.45) is 5.10 Å². The van der Waals surface area contributed by atoms with Crippen LogP contribution < -0.4 is 15.4 Å². The zero-order valence-corrected chi connectivity index (χ0v) is 17.6. The van der Waals surface area contributed by atoms with E-state index in [1.54, 1.807) is 17.2 Å². The minimum absolute atomic E-state index is 0.0673. The second-order valence-corrected chi connectivity index (χ2v) is 7.83. The number of carbonyl (C=O) groups is 1. The number of rotatable bonds is 6. The maximum atomic E-state index is 13.1. The topological polar surface area (TPSA) is 109 Å². The molecule has 2 N–H and O–H groups in total. The average molecular weight is 439 g/mol. The Bertz CT molecular complexity index is 1070. The van der Waals surface area contributed by atoms with E-state index in [0.717, 1.165) is 11.3 Å². The number of thioether (sulfide) groups is 1. The van der Waals surface area contributed by atoms with E-state index in [1.165, 1.54) is 23.9 Å². The van der Waals surface area contributed by atoms with Crippen LogP contribution in [0.25, 0.3) is 0 Å². The number of benzene rings is 2. The fourth-order valence-corrected chi connectivity index (χ4v) is 4.23. The molecule has 0 bridgehead atoms. The third kappa shape index (κ3) is 3.93. The molecule has 0 unspecified atom stereocenters. The number of ether oxygens (including phenoxy) is 1. The van der Waals surface area contributed by atoms with Gasteiger partial charge in [-0.15, -0.1) is 11.7 Å². The van der Waals surface area contributed by atoms with Crippen LogP contribution >= 0.6 is 11.8 Å². The van der Waals surface area contributed by atoms with E-state index in [4.69, 9.17) is 4.74 Å². The third-order valence-corrected chi connectivity index (χ3v) is 5.76. The van der Waals surface area contributed by atoms with E-state index in [-0.39, 0.29) is 11.6 Å². The number of nitro groups is 1. The zero-order valence-electron chi connectivity index (χ0n) is 16.8. The third-order valence-electron chi connectivity index (χ3n) is 4.90. The molecule has 9 nitrogen and oxygen atoms in total. The van der Waals surface area contributed by atoms with Gasteiger partial charge in [-0.2, -0.15) is 0 Å². The fourth-order valence-electron chi connectivity index (χ4n) is 3.63. The van der Waals surface area contributed by atoms with Gasteiger partial charge in [0.25, 0.3) is 11.6 Å². The van der Waals surface area contributed by atoms with Gasteiger partial charge in [-0.3, -0.25) is 19.9 Å². The summed E-state index contributed by atoms with van der Waals surface area (Å²) in [4.78, 5) is 24.1. The molecule has 1 amide bonds. The SMILES string of the molecule is C=CCSC1=NN2[C@H](C(=O)N1)c1ccccc1N[C@H]2c1cc([N+](=O)[O-])ccc1OCC. The average Bonchev–Trinajstić information content (AvgIpc) is 2.77. The second-order valence-electron chi connectivity index (χ2n) is 6.82. The van der Waals surface area contributed by atoms with E-state index in [1.807, 2.05) is 31.2 Å². The number of hydrogen-bond acceptors (Lipinski definition) is 8. The van der Waals surface area contributed by atoms with Crippen LogP contribution in [-0.2, 0) is 4.79 Å². The van der Waals surface area contributed by atoms with Crippen LogP contribution in [0.3, 0.4) is 0 Å². The molecule has 2 aliphatic rings. The highest BCUT2D eigenvalue weighted by molar-refractivity contribution is 8.14. The summed E-state index contributed by atoms with van der Waals surface area (Å²) in [7, 11) is 0. The van der Waals surface area contributed by atoms with Crippen molar-refractivity contribution >= 4 is 34.2 Å². The van der Waals surface area contributed by atoms with Crippen LogP contribution in [0, 0.1) is 10.1 Å². The van der Waals surface area contributed by atoms with Crippen LogP contribution in [0.15, 0.2) is 60.2 Å². The highest BCUT2D eigenvalue weighted by atomic mass is 32.2. The molecule has 0 saturated carbocycles. The van der Waals surface area contributed by atoms with Crippen molar-refractivity contribution in [2.45, 2.75) is 19.1 Å². The van der Waals surface area contributed by atoms with Crippen LogP contribution in [0.5, 0.6) is 5.75 Å². The first kappa shape index (κ1) is 20.7. The molecule has 2 aromatic rings. The quantitative estimate of drug-likeness (QED) is 0.400. The molecule has 2 atom stereocenters. The molecule has 2 aromatic carbocycles. The summed E-state index contributed by atoms with van der Waals surface area (Å²) in [5.74, 6) is 0.849. The Labute approximate surface area is 183 Å². The highest BCUT2D eigenvalue weighted by Crippen LogP contribution is 2.45. The Hall–Kier alpha value is -3.53. The van der Waals surface area contributed by atoms with Gasteiger partial charge < -0.3 is 15.4 Å². The van der Waals surface area contributed by atoms with Crippen LogP contribution in [0.2, 0.25) is 0 Å². The number of anilines is 1. The molecule has 0 spiro atoms. The lowest BCUT2D eigenvalue weighted by Gasteiger charge is -2.43. The van der Waals surface area contributed by atoms with Gasteiger partial charge in [0, 0.05) is 34.7 Å². The van der Waals surface area contributed by atoms with Crippen molar-refractivity contribution in [2.75, 3.05) is 17.7 Å². The summed E-state index contributed by atoms with van der Waals surface area (Å²) in [6.07, 6.45) is 1.08. The molecule has 0 aromatic heterocycles. The van der Waals surface area contributed by atoms with Crippen molar-refractivity contribution < 1.29 is 14.5 Å². The standard InChI is InChI=1S/C21H21N5O4S/c1-3-11-31-21-23-20(27)18-14-7-5-6-8-16(14)22-19(25(18)24-21)15-12-13(26(28)29)9-10-17(15)30-4-2/h3,5-10,12,18-19,22H,1,4,11H2,2H3,(H,23,24,27)/t18-,19+/m0/s1. The molecule has 160 valence electrons. The molecule has 4 rings (SSSR count). The van der Waals surface area contributed by atoms with Gasteiger partial charge in [-0.1, -0.05) is 36.0 Å². The second kappa shape index (κ2) is 8.68. The van der Waals surface area contributed by atoms with Gasteiger partial charge in [0.15, 0.2) is 11.2 Å². The number of fused-ring (bicyclic) bond motifs is 3. The summed E-state index contributed by atoms with van der Waals surface area (Å²) in [5.41, 5.74) is 2.00. The first-order valence-electron chi connectivity index (χ1n) is 9.71. The fraction of sp³-hybridized carbons (Fsp3) is 0.238.